The fraction of sp³-hybridized carbons (Fsp3) is 0.368. The Kier molecular flexibility index (Phi) is 16.0. The van der Waals surface area contributed by atoms with Gasteiger partial charge in [0, 0.05) is 32.4 Å². The van der Waals surface area contributed by atoms with Crippen LogP contribution in [0.3, 0.4) is 0 Å². The van der Waals surface area contributed by atoms with Crippen molar-refractivity contribution in [1.82, 2.24) is 15.7 Å². The highest BCUT2D eigenvalue weighted by Crippen LogP contribution is 2.14. The molecule has 0 bridgehead atoms. The molecular weight excluding hydrogens is 456 g/mol. The molecule has 1 aliphatic rings. The van der Waals surface area contributed by atoms with Gasteiger partial charge in [-0.3, -0.25) is 10.2 Å². The molecule has 164 valence electrons. The fourth-order valence-corrected chi connectivity index (χ4v) is 2.99. The van der Waals surface area contributed by atoms with Crippen molar-refractivity contribution in [3.8, 4) is 0 Å². The van der Waals surface area contributed by atoms with Crippen molar-refractivity contribution < 1.29 is 4.79 Å². The first kappa shape index (κ1) is 29.9. The van der Waals surface area contributed by atoms with E-state index in [-0.39, 0.29) is 55.5 Å². The van der Waals surface area contributed by atoms with Crippen LogP contribution in [0.4, 0.5) is 5.82 Å². The second-order valence-corrected chi connectivity index (χ2v) is 6.32. The molecule has 0 spiro atoms. The number of aryl methyl sites for hydroxylation is 2. The number of halogens is 4. The number of anilines is 1. The van der Waals surface area contributed by atoms with Gasteiger partial charge in [0.05, 0.1) is 6.42 Å². The lowest BCUT2D eigenvalue weighted by molar-refractivity contribution is -0.120. The molecule has 0 radical (unpaired) electrons. The standard InChI is InChI=1S/C19H25N5O.4ClH/c20-23-19(25)13-16-4-1-15(2-5-16)3-6-17-7-8-18(22-14-17)24-11-9-21-10-12-24;;;;/h1-2,4-5,7-8,14,21H,3,6,9-13,20H2,(H,23,25);4*1H. The number of piperazine rings is 1. The molecule has 1 saturated heterocycles. The van der Waals surface area contributed by atoms with Crippen LogP contribution in [0.2, 0.25) is 0 Å². The maximum atomic E-state index is 11.3. The molecule has 0 unspecified atom stereocenters. The van der Waals surface area contributed by atoms with Gasteiger partial charge in [-0.15, -0.1) is 49.6 Å². The van der Waals surface area contributed by atoms with Crippen molar-refractivity contribution in [2.75, 3.05) is 31.1 Å². The van der Waals surface area contributed by atoms with Crippen LogP contribution in [-0.4, -0.2) is 37.1 Å². The van der Waals surface area contributed by atoms with Gasteiger partial charge in [0.25, 0.3) is 0 Å². The van der Waals surface area contributed by atoms with Crippen LogP contribution in [-0.2, 0) is 24.1 Å². The van der Waals surface area contributed by atoms with Gasteiger partial charge in [0.2, 0.25) is 5.91 Å². The number of carbonyl (C=O) groups is 1. The molecule has 2 aromatic rings. The van der Waals surface area contributed by atoms with E-state index in [0.29, 0.717) is 6.42 Å². The molecular formula is C19H29Cl4N5O. The van der Waals surface area contributed by atoms with Crippen molar-refractivity contribution in [3.63, 3.8) is 0 Å². The number of benzene rings is 1. The average Bonchev–Trinajstić information content (AvgIpc) is 2.68. The lowest BCUT2D eigenvalue weighted by Gasteiger charge is -2.28. The highest BCUT2D eigenvalue weighted by molar-refractivity contribution is 5.86. The number of aromatic nitrogens is 1. The highest BCUT2D eigenvalue weighted by Gasteiger charge is 2.11. The van der Waals surface area contributed by atoms with E-state index in [1.807, 2.05) is 18.3 Å². The number of hydrazine groups is 1. The molecule has 4 N–H and O–H groups in total. The third kappa shape index (κ3) is 9.38. The molecule has 29 heavy (non-hydrogen) atoms. The predicted octanol–water partition coefficient (Wildman–Crippen LogP) is 2.50. The zero-order valence-electron chi connectivity index (χ0n) is 16.0. The quantitative estimate of drug-likeness (QED) is 0.333. The van der Waals surface area contributed by atoms with E-state index in [4.69, 9.17) is 5.84 Å². The summed E-state index contributed by atoms with van der Waals surface area (Å²) in [5.41, 5.74) is 5.61. The molecule has 2 heterocycles. The third-order valence-electron chi connectivity index (χ3n) is 4.50. The predicted molar refractivity (Wildman–Crippen MR) is 128 cm³/mol. The number of nitrogens with two attached hydrogens (primary N) is 1. The first-order chi connectivity index (χ1) is 12.2. The summed E-state index contributed by atoms with van der Waals surface area (Å²) in [7, 11) is 0. The zero-order valence-corrected chi connectivity index (χ0v) is 19.3. The van der Waals surface area contributed by atoms with Gasteiger partial charge in [0.1, 0.15) is 5.82 Å². The van der Waals surface area contributed by atoms with E-state index in [1.54, 1.807) is 0 Å². The Labute approximate surface area is 197 Å². The number of hydrogen-bond donors (Lipinski definition) is 3. The van der Waals surface area contributed by atoms with Crippen molar-refractivity contribution in [3.05, 3.63) is 59.3 Å². The van der Waals surface area contributed by atoms with Gasteiger partial charge >= 0.3 is 0 Å². The number of nitrogens with one attached hydrogen (secondary N) is 2. The lowest BCUT2D eigenvalue weighted by atomic mass is 10.0. The maximum Gasteiger partial charge on any atom is 0.238 e. The van der Waals surface area contributed by atoms with Crippen molar-refractivity contribution in [2.45, 2.75) is 19.3 Å². The van der Waals surface area contributed by atoms with Gasteiger partial charge in [0.15, 0.2) is 0 Å². The molecule has 6 nitrogen and oxygen atoms in total. The summed E-state index contributed by atoms with van der Waals surface area (Å²) >= 11 is 0. The minimum Gasteiger partial charge on any atom is -0.354 e. The van der Waals surface area contributed by atoms with Crippen LogP contribution < -0.4 is 21.5 Å². The molecule has 10 heteroatoms. The summed E-state index contributed by atoms with van der Waals surface area (Å²) in [5.74, 6) is 5.99. The Morgan fingerprint density at radius 1 is 0.931 bits per heavy atom. The average molecular weight is 485 g/mol. The number of pyridine rings is 1. The van der Waals surface area contributed by atoms with E-state index in [9.17, 15) is 4.79 Å². The molecule has 1 aromatic heterocycles. The van der Waals surface area contributed by atoms with Crippen LogP contribution in [0.5, 0.6) is 0 Å². The number of amides is 1. The van der Waals surface area contributed by atoms with E-state index in [2.05, 4.69) is 44.9 Å². The van der Waals surface area contributed by atoms with Gasteiger partial charge in [-0.05, 0) is 35.6 Å². The first-order valence-electron chi connectivity index (χ1n) is 8.72. The number of hydrogen-bond acceptors (Lipinski definition) is 5. The highest BCUT2D eigenvalue weighted by atomic mass is 35.5. The van der Waals surface area contributed by atoms with Crippen LogP contribution in [0, 0.1) is 0 Å². The Balaban J connectivity index is 0. The maximum absolute atomic E-state index is 11.3. The summed E-state index contributed by atoms with van der Waals surface area (Å²) in [6.07, 6.45) is 4.21. The minimum atomic E-state index is -0.177. The van der Waals surface area contributed by atoms with Gasteiger partial charge in [-0.25, -0.2) is 10.8 Å². The smallest absolute Gasteiger partial charge is 0.238 e. The second kappa shape index (κ2) is 15.5. The van der Waals surface area contributed by atoms with Crippen LogP contribution in [0.1, 0.15) is 16.7 Å². The van der Waals surface area contributed by atoms with Crippen molar-refractivity contribution in [1.29, 1.82) is 0 Å². The van der Waals surface area contributed by atoms with Crippen molar-refractivity contribution in [2.24, 2.45) is 5.84 Å². The summed E-state index contributed by atoms with van der Waals surface area (Å²) in [5, 5.41) is 3.35. The fourth-order valence-electron chi connectivity index (χ4n) is 2.99. The van der Waals surface area contributed by atoms with E-state index in [1.165, 1.54) is 11.1 Å². The minimum absolute atomic E-state index is 0. The van der Waals surface area contributed by atoms with E-state index in [0.717, 1.165) is 50.4 Å². The van der Waals surface area contributed by atoms with E-state index < -0.39 is 0 Å². The molecule has 1 aliphatic heterocycles. The number of rotatable bonds is 6. The number of nitrogens with zero attached hydrogens (tertiary/aromatic N) is 2. The normalized spacial score (nSPS) is 12.4. The third-order valence-corrected chi connectivity index (χ3v) is 4.50. The molecule has 0 atom stereocenters. The van der Waals surface area contributed by atoms with Gasteiger partial charge in [-0.2, -0.15) is 0 Å². The summed E-state index contributed by atoms with van der Waals surface area (Å²) in [6.45, 7) is 4.07. The Morgan fingerprint density at radius 2 is 1.48 bits per heavy atom. The molecule has 1 fully saturated rings. The SMILES string of the molecule is Cl.Cl.Cl.Cl.NNC(=O)Cc1ccc(CCc2ccc(N3CCNCC3)nc2)cc1. The van der Waals surface area contributed by atoms with Gasteiger partial charge in [-0.1, -0.05) is 30.3 Å². The number of carbonyl (C=O) groups excluding carboxylic acids is 1. The Hall–Kier alpha value is -1.28. The van der Waals surface area contributed by atoms with Gasteiger partial charge < -0.3 is 10.2 Å². The van der Waals surface area contributed by atoms with Crippen LogP contribution >= 0.6 is 49.6 Å². The molecule has 3 rings (SSSR count). The zero-order chi connectivity index (χ0) is 17.5. The Morgan fingerprint density at radius 3 is 2.03 bits per heavy atom. The second-order valence-electron chi connectivity index (χ2n) is 6.32. The Bertz CT molecular complexity index is 695. The van der Waals surface area contributed by atoms with Crippen molar-refractivity contribution >= 4 is 61.4 Å². The summed E-state index contributed by atoms with van der Waals surface area (Å²) in [4.78, 5) is 18.2. The largest absolute Gasteiger partial charge is 0.354 e. The molecule has 0 saturated carbocycles. The summed E-state index contributed by atoms with van der Waals surface area (Å²) < 4.78 is 0. The van der Waals surface area contributed by atoms with Crippen LogP contribution in [0.25, 0.3) is 0 Å². The van der Waals surface area contributed by atoms with E-state index >= 15 is 0 Å². The lowest BCUT2D eigenvalue weighted by Crippen LogP contribution is -2.43. The monoisotopic (exact) mass is 483 g/mol. The molecule has 1 amide bonds. The molecule has 1 aromatic carbocycles. The first-order valence-corrected chi connectivity index (χ1v) is 8.72. The molecule has 0 aliphatic carbocycles. The summed E-state index contributed by atoms with van der Waals surface area (Å²) in [6, 6.07) is 12.4. The topological polar surface area (TPSA) is 83.3 Å². The van der Waals surface area contributed by atoms with Crippen LogP contribution in [0.15, 0.2) is 42.6 Å².